The first kappa shape index (κ1) is 70.7. The topological polar surface area (TPSA) is 239 Å². The van der Waals surface area contributed by atoms with Gasteiger partial charge in [-0.2, -0.15) is 0 Å². The standard InChI is InChI=1S/C88H88N4O18/c93-75(91(51-17-13-29-59(33-51)99-43-63-47-103-63)52-18-14-30-60(34-52)100-44-64-48-104-64)41-89-85(95)67-37-71(107-55-21-5-1-6-22-55)79-80-72(108-56-23-7-2-8-24-56)38-69-78-70(40-74(110-58-27-11-4-12-28-58)82(84(78)80)81-73(109-57-25-9-3-10-26-57)39-68(86(89)96)77(67)83(79)81)88(98)90(87(69)97)42-76(94)92(53-19-15-31-61(35-53)101-45-65-49-105-65)54-20-16-32-62(36-54)102-46-66-50-106-66/h1-12,21-28,37-40,51-54,59-66H,13-20,29-36,41-50H2. The van der Waals surface area contributed by atoms with E-state index >= 15 is 28.8 Å². The Morgan fingerprint density at radius 2 is 0.564 bits per heavy atom. The van der Waals surface area contributed by atoms with Gasteiger partial charge in [-0.05, 0) is 176 Å². The summed E-state index contributed by atoms with van der Waals surface area (Å²) in [5, 5.41) is 2.49. The number of amides is 6. The van der Waals surface area contributed by atoms with E-state index in [0.29, 0.717) is 160 Å². The summed E-state index contributed by atoms with van der Waals surface area (Å²) in [5.41, 5.74) is 0.263. The molecule has 0 aromatic heterocycles. The summed E-state index contributed by atoms with van der Waals surface area (Å²) in [6, 6.07) is 41.9. The summed E-state index contributed by atoms with van der Waals surface area (Å²) < 4.78 is 76.8. The van der Waals surface area contributed by atoms with E-state index in [1.54, 1.807) is 72.8 Å². The zero-order valence-corrected chi connectivity index (χ0v) is 61.3. The van der Waals surface area contributed by atoms with Crippen LogP contribution in [0, 0.1) is 0 Å². The molecule has 0 N–H and O–H groups in total. The fourth-order valence-corrected chi connectivity index (χ4v) is 18.3. The zero-order chi connectivity index (χ0) is 74.1. The first-order valence-corrected chi connectivity index (χ1v) is 39.5. The van der Waals surface area contributed by atoms with Gasteiger partial charge in [0.1, 0.15) is 83.5 Å². The average molecular weight is 1490 g/mol. The maximum Gasteiger partial charge on any atom is 0.262 e. The number of nitrogens with zero attached hydrogens (tertiary/aromatic N) is 4. The van der Waals surface area contributed by atoms with Crippen LogP contribution in [0.25, 0.3) is 43.1 Å². The van der Waals surface area contributed by atoms with E-state index in [-0.39, 0.29) is 141 Å². The van der Waals surface area contributed by atoms with Crippen LogP contribution in [0.1, 0.15) is 144 Å². The van der Waals surface area contributed by atoms with Crippen molar-refractivity contribution in [3.05, 3.63) is 168 Å². The SMILES string of the molecule is O=C1c2cc(Oc3ccccc3)c3c4c(Oc5ccccc5)cc5c6c(cc(Oc7ccccc7)c(c7c(Oc8ccccc8)cc(c2c37)C(=O)N1CC(=O)N(C1CCCC(OCC2CO2)C1)C1CCCC(OCC2CO2)C1)c64)C(=O)N(CC(=O)N(C1CCCC(OCC2CO2)C1)C1CCCC(OCC2CO2)C1)C5=O. The number of epoxide rings is 4. The minimum atomic E-state index is -0.728. The van der Waals surface area contributed by atoms with Gasteiger partial charge in [0, 0.05) is 67.3 Å². The maximum absolute atomic E-state index is 16.4. The molecule has 4 aliphatic carbocycles. The molecule has 8 fully saturated rings. The number of hydrogen-bond acceptors (Lipinski definition) is 18. The van der Waals surface area contributed by atoms with Crippen LogP contribution >= 0.6 is 0 Å². The van der Waals surface area contributed by atoms with E-state index in [2.05, 4.69) is 0 Å². The lowest BCUT2D eigenvalue weighted by atomic mass is 9.80. The molecular formula is C88H88N4O18. The molecule has 110 heavy (non-hydrogen) atoms. The Labute approximate surface area is 636 Å². The first-order chi connectivity index (χ1) is 54.0. The molecule has 12 unspecified atom stereocenters. The number of ether oxygens (including phenoxy) is 12. The van der Waals surface area contributed by atoms with Crippen LogP contribution in [0.5, 0.6) is 46.0 Å². The van der Waals surface area contributed by atoms with Gasteiger partial charge in [-0.3, -0.25) is 38.6 Å². The van der Waals surface area contributed by atoms with Gasteiger partial charge in [0.05, 0.1) is 99.5 Å². The third kappa shape index (κ3) is 14.4. The van der Waals surface area contributed by atoms with Crippen LogP contribution in [0.3, 0.4) is 0 Å². The van der Waals surface area contributed by atoms with Crippen LogP contribution in [-0.2, 0) is 47.5 Å². The minimum absolute atomic E-state index is 0.0636. The van der Waals surface area contributed by atoms with E-state index in [0.717, 1.165) is 61.2 Å². The quantitative estimate of drug-likeness (QED) is 0.0192. The van der Waals surface area contributed by atoms with Crippen molar-refractivity contribution in [2.45, 2.75) is 176 Å². The van der Waals surface area contributed by atoms with Crippen LogP contribution < -0.4 is 18.9 Å². The summed E-state index contributed by atoms with van der Waals surface area (Å²) in [5.74, 6) is -1.58. The smallest absolute Gasteiger partial charge is 0.262 e. The van der Waals surface area contributed by atoms with Crippen molar-refractivity contribution >= 4 is 78.5 Å². The first-order valence-electron chi connectivity index (χ1n) is 39.5. The van der Waals surface area contributed by atoms with Gasteiger partial charge >= 0.3 is 0 Å². The number of imide groups is 2. The molecule has 0 radical (unpaired) electrons. The molecule has 9 aromatic rings. The summed E-state index contributed by atoms with van der Waals surface area (Å²) in [6.07, 6.45) is 11.6. The molecule has 6 amide bonds. The molecule has 9 aromatic carbocycles. The molecule has 19 rings (SSSR count). The van der Waals surface area contributed by atoms with Crippen LogP contribution in [0.15, 0.2) is 146 Å². The maximum atomic E-state index is 16.4. The van der Waals surface area contributed by atoms with E-state index in [1.807, 2.05) is 82.6 Å². The van der Waals surface area contributed by atoms with Gasteiger partial charge in [-0.1, -0.05) is 72.8 Å². The van der Waals surface area contributed by atoms with Crippen molar-refractivity contribution < 1.29 is 85.6 Å². The largest absolute Gasteiger partial charge is 0.457 e. The number of para-hydroxylation sites is 4. The second-order valence-electron chi connectivity index (χ2n) is 31.3. The van der Waals surface area contributed by atoms with E-state index in [1.165, 1.54) is 0 Å². The molecule has 6 heterocycles. The Bertz CT molecular complexity index is 4400. The number of hydrogen-bond donors (Lipinski definition) is 0. The highest BCUT2D eigenvalue weighted by Gasteiger charge is 2.47. The highest BCUT2D eigenvalue weighted by molar-refractivity contribution is 6.45. The second kappa shape index (κ2) is 30.2. The Morgan fingerprint density at radius 3 is 0.791 bits per heavy atom. The van der Waals surface area contributed by atoms with Crippen LogP contribution in [-0.4, -0.2) is 194 Å². The predicted molar refractivity (Wildman–Crippen MR) is 405 cm³/mol. The number of rotatable bonds is 28. The molecule has 568 valence electrons. The summed E-state index contributed by atoms with van der Waals surface area (Å²) in [4.78, 5) is 104. The number of benzene rings is 9. The van der Waals surface area contributed by atoms with Gasteiger partial charge in [0.2, 0.25) is 11.8 Å². The monoisotopic (exact) mass is 1490 g/mol. The van der Waals surface area contributed by atoms with Gasteiger partial charge in [-0.15, -0.1) is 0 Å². The number of carbonyl (C=O) groups is 6. The molecular weight excluding hydrogens is 1400 g/mol. The summed E-state index contributed by atoms with van der Waals surface area (Å²) >= 11 is 0. The third-order valence-electron chi connectivity index (χ3n) is 23.8. The number of fused-ring (bicyclic) bond motifs is 2. The van der Waals surface area contributed by atoms with Crippen LogP contribution in [0.4, 0.5) is 0 Å². The van der Waals surface area contributed by atoms with Crippen molar-refractivity contribution in [2.75, 3.05) is 65.9 Å². The highest BCUT2D eigenvalue weighted by Crippen LogP contribution is 2.58. The van der Waals surface area contributed by atoms with E-state index in [4.69, 9.17) is 56.8 Å². The lowest BCUT2D eigenvalue weighted by Gasteiger charge is -2.45. The van der Waals surface area contributed by atoms with Gasteiger partial charge in [0.25, 0.3) is 23.6 Å². The normalized spacial score (nSPS) is 26.1. The zero-order valence-electron chi connectivity index (χ0n) is 61.3. The average Bonchev–Trinajstić information content (AvgIpc) is 1.14. The van der Waals surface area contributed by atoms with Crippen molar-refractivity contribution in [2.24, 2.45) is 0 Å². The van der Waals surface area contributed by atoms with Crippen LogP contribution in [0.2, 0.25) is 0 Å². The third-order valence-corrected chi connectivity index (χ3v) is 23.8. The molecule has 4 saturated heterocycles. The van der Waals surface area contributed by atoms with Crippen molar-refractivity contribution in [1.82, 2.24) is 19.6 Å². The molecule has 22 nitrogen and oxygen atoms in total. The predicted octanol–water partition coefficient (Wildman–Crippen LogP) is 14.7. The molecule has 10 aliphatic rings. The second-order valence-corrected chi connectivity index (χ2v) is 31.3. The Hall–Kier alpha value is -9.62. The van der Waals surface area contributed by atoms with Crippen molar-refractivity contribution in [1.29, 1.82) is 0 Å². The van der Waals surface area contributed by atoms with Gasteiger partial charge < -0.3 is 66.6 Å². The van der Waals surface area contributed by atoms with Crippen molar-refractivity contribution in [3.63, 3.8) is 0 Å². The van der Waals surface area contributed by atoms with Crippen molar-refractivity contribution in [3.8, 4) is 46.0 Å². The van der Waals surface area contributed by atoms with E-state index in [9.17, 15) is 0 Å². The Balaban J connectivity index is 0.786. The van der Waals surface area contributed by atoms with Gasteiger partial charge in [0.15, 0.2) is 0 Å². The lowest BCUT2D eigenvalue weighted by molar-refractivity contribution is -0.142. The molecule has 4 saturated carbocycles. The Kier molecular flexibility index (Phi) is 19.4. The van der Waals surface area contributed by atoms with E-state index < -0.39 is 36.7 Å². The molecule has 6 aliphatic heterocycles. The number of carbonyl (C=O) groups excluding carboxylic acids is 6. The molecule has 0 spiro atoms. The molecule has 0 bridgehead atoms. The Morgan fingerprint density at radius 1 is 0.327 bits per heavy atom. The lowest BCUT2D eigenvalue weighted by Crippen LogP contribution is -2.56. The highest BCUT2D eigenvalue weighted by atomic mass is 16.6. The summed E-state index contributed by atoms with van der Waals surface area (Å²) in [7, 11) is 0. The molecule has 22 heteroatoms. The molecule has 12 atom stereocenters. The fraction of sp³-hybridized carbons (Fsp3) is 0.432. The minimum Gasteiger partial charge on any atom is -0.457 e. The fourth-order valence-electron chi connectivity index (χ4n) is 18.3. The van der Waals surface area contributed by atoms with Gasteiger partial charge in [-0.25, -0.2) is 0 Å². The summed E-state index contributed by atoms with van der Waals surface area (Å²) in [6.45, 7) is 3.37.